The van der Waals surface area contributed by atoms with Crippen LogP contribution in [0.3, 0.4) is 0 Å². The molecule has 0 spiro atoms. The van der Waals surface area contributed by atoms with Crippen LogP contribution < -0.4 is 0 Å². The molecule has 4 heterocycles. The lowest BCUT2D eigenvalue weighted by Crippen LogP contribution is -2.66. The zero-order valence-corrected chi connectivity index (χ0v) is 17.9. The van der Waals surface area contributed by atoms with Crippen molar-refractivity contribution in [3.05, 3.63) is 53.6 Å². The summed E-state index contributed by atoms with van der Waals surface area (Å²) < 4.78 is 15.6. The lowest BCUT2D eigenvalue weighted by Gasteiger charge is -2.56. The molecular weight excluding hydrogens is 395 g/mol. The smallest absolute Gasteiger partial charge is 0.257 e. The zero-order chi connectivity index (χ0) is 21.5. The molecule has 3 aliphatic rings. The first-order valence-corrected chi connectivity index (χ1v) is 11.4. The molecule has 0 unspecified atom stereocenters. The number of carbonyl (C=O) groups excluding carboxylic acids is 2. The first kappa shape index (κ1) is 20.2. The van der Waals surface area contributed by atoms with Crippen molar-refractivity contribution in [2.75, 3.05) is 13.1 Å². The molecule has 2 aromatic rings. The molecule has 164 valence electrons. The maximum Gasteiger partial charge on any atom is 0.257 e. The van der Waals surface area contributed by atoms with Crippen LogP contribution in [-0.4, -0.2) is 56.6 Å². The van der Waals surface area contributed by atoms with Crippen LogP contribution >= 0.6 is 0 Å². The van der Waals surface area contributed by atoms with Gasteiger partial charge in [0.05, 0.1) is 11.8 Å². The van der Waals surface area contributed by atoms with Gasteiger partial charge < -0.3 is 9.80 Å². The van der Waals surface area contributed by atoms with E-state index in [1.54, 1.807) is 23.0 Å². The molecule has 0 saturated carbocycles. The van der Waals surface area contributed by atoms with Gasteiger partial charge in [-0.15, -0.1) is 0 Å². The number of hydrogen-bond donors (Lipinski definition) is 0. The second-order valence-corrected chi connectivity index (χ2v) is 9.21. The SMILES string of the molecule is CCn1cc(C(=O)N2C[C@H]3C[C@@H](C2)[C@H](Cc2cccc(F)c2)N2C(=O)CCC[C@@H]32)cn1. The number of fused-ring (bicyclic) bond motifs is 4. The van der Waals surface area contributed by atoms with Crippen molar-refractivity contribution < 1.29 is 14.0 Å². The second-order valence-electron chi connectivity index (χ2n) is 9.21. The third kappa shape index (κ3) is 3.75. The van der Waals surface area contributed by atoms with Crippen LogP contribution in [0, 0.1) is 17.7 Å². The van der Waals surface area contributed by atoms with Crippen LogP contribution in [0.5, 0.6) is 0 Å². The largest absolute Gasteiger partial charge is 0.338 e. The van der Waals surface area contributed by atoms with E-state index in [2.05, 4.69) is 10.00 Å². The Hall–Kier alpha value is -2.70. The average molecular weight is 425 g/mol. The lowest BCUT2D eigenvalue weighted by atomic mass is 9.70. The van der Waals surface area contributed by atoms with E-state index in [0.717, 1.165) is 31.4 Å². The molecule has 4 atom stereocenters. The number of hydrogen-bond acceptors (Lipinski definition) is 3. The van der Waals surface area contributed by atoms with Crippen molar-refractivity contribution in [2.24, 2.45) is 11.8 Å². The Balaban J connectivity index is 1.43. The molecule has 3 aliphatic heterocycles. The Bertz CT molecular complexity index is 989. The number of likely N-dealkylation sites (tertiary alicyclic amines) is 1. The number of aromatic nitrogens is 2. The number of piperidine rings is 3. The van der Waals surface area contributed by atoms with Gasteiger partial charge in [-0.05, 0) is 62.1 Å². The molecule has 2 bridgehead atoms. The molecule has 7 heteroatoms. The van der Waals surface area contributed by atoms with Gasteiger partial charge in [-0.3, -0.25) is 14.3 Å². The number of aryl methyl sites for hydroxylation is 1. The Morgan fingerprint density at radius 1 is 1.26 bits per heavy atom. The fourth-order valence-corrected chi connectivity index (χ4v) is 5.94. The van der Waals surface area contributed by atoms with Gasteiger partial charge in [0.15, 0.2) is 0 Å². The van der Waals surface area contributed by atoms with E-state index in [0.29, 0.717) is 37.4 Å². The first-order chi connectivity index (χ1) is 15.0. The van der Waals surface area contributed by atoms with E-state index >= 15 is 0 Å². The summed E-state index contributed by atoms with van der Waals surface area (Å²) in [7, 11) is 0. The molecule has 0 N–H and O–H groups in total. The number of benzene rings is 1. The summed E-state index contributed by atoms with van der Waals surface area (Å²) in [4.78, 5) is 30.3. The van der Waals surface area contributed by atoms with E-state index in [-0.39, 0.29) is 35.6 Å². The van der Waals surface area contributed by atoms with Crippen LogP contribution in [0.1, 0.15) is 48.5 Å². The molecule has 0 radical (unpaired) electrons. The first-order valence-electron chi connectivity index (χ1n) is 11.4. The van der Waals surface area contributed by atoms with E-state index in [4.69, 9.17) is 0 Å². The lowest BCUT2D eigenvalue weighted by molar-refractivity contribution is -0.151. The molecular formula is C24H29FN4O2. The molecule has 31 heavy (non-hydrogen) atoms. The standard InChI is InChI=1S/C24H29FN4O2/c1-2-28-15-19(12-26-28)24(31)27-13-17-11-18(14-27)22(10-16-5-3-6-20(25)9-16)29-21(17)7-4-8-23(29)30/h3,5-6,9,12,15,17-18,21-22H,2,4,7-8,10-11,13-14H2,1H3/t17-,18+,21+,22+/m1/s1. The number of halogens is 1. The van der Waals surface area contributed by atoms with Gasteiger partial charge in [0.1, 0.15) is 5.82 Å². The molecule has 2 amide bonds. The van der Waals surface area contributed by atoms with Crippen LogP contribution in [0.15, 0.2) is 36.7 Å². The van der Waals surface area contributed by atoms with Crippen molar-refractivity contribution >= 4 is 11.8 Å². The van der Waals surface area contributed by atoms with E-state index < -0.39 is 0 Å². The normalized spacial score (nSPS) is 27.9. The van der Waals surface area contributed by atoms with Crippen molar-refractivity contribution in [1.82, 2.24) is 19.6 Å². The van der Waals surface area contributed by atoms with Gasteiger partial charge >= 0.3 is 0 Å². The Labute approximate surface area is 182 Å². The van der Waals surface area contributed by atoms with Gasteiger partial charge in [0, 0.05) is 44.3 Å². The van der Waals surface area contributed by atoms with Gasteiger partial charge in [-0.25, -0.2) is 4.39 Å². The van der Waals surface area contributed by atoms with Crippen LogP contribution in [0.25, 0.3) is 0 Å². The highest BCUT2D eigenvalue weighted by Crippen LogP contribution is 2.42. The maximum atomic E-state index is 13.8. The van der Waals surface area contributed by atoms with Gasteiger partial charge in [0.25, 0.3) is 5.91 Å². The third-order valence-electron chi connectivity index (χ3n) is 7.32. The number of amides is 2. The van der Waals surface area contributed by atoms with Crippen LogP contribution in [-0.2, 0) is 17.8 Å². The van der Waals surface area contributed by atoms with E-state index in [1.165, 1.54) is 6.07 Å². The topological polar surface area (TPSA) is 58.4 Å². The summed E-state index contributed by atoms with van der Waals surface area (Å²) >= 11 is 0. The fraction of sp³-hybridized carbons (Fsp3) is 0.542. The van der Waals surface area contributed by atoms with Gasteiger partial charge in [-0.1, -0.05) is 12.1 Å². The van der Waals surface area contributed by atoms with Gasteiger partial charge in [0.2, 0.25) is 5.91 Å². The molecule has 1 aromatic carbocycles. The van der Waals surface area contributed by atoms with Crippen LogP contribution in [0.4, 0.5) is 4.39 Å². The summed E-state index contributed by atoms with van der Waals surface area (Å²) in [5.41, 5.74) is 1.54. The molecule has 0 aliphatic carbocycles. The van der Waals surface area contributed by atoms with Crippen molar-refractivity contribution in [3.8, 4) is 0 Å². The average Bonchev–Trinajstić information content (AvgIpc) is 3.25. The minimum absolute atomic E-state index is 0.00446. The monoisotopic (exact) mass is 424 g/mol. The third-order valence-corrected chi connectivity index (χ3v) is 7.32. The van der Waals surface area contributed by atoms with Crippen molar-refractivity contribution in [1.29, 1.82) is 0 Å². The number of rotatable bonds is 4. The molecule has 3 saturated heterocycles. The zero-order valence-electron chi connectivity index (χ0n) is 17.9. The maximum absolute atomic E-state index is 13.8. The molecule has 6 nitrogen and oxygen atoms in total. The minimum atomic E-state index is -0.249. The fourth-order valence-electron chi connectivity index (χ4n) is 5.94. The second kappa shape index (κ2) is 8.09. The van der Waals surface area contributed by atoms with Crippen molar-refractivity contribution in [2.45, 2.75) is 57.7 Å². The Morgan fingerprint density at radius 2 is 2.10 bits per heavy atom. The van der Waals surface area contributed by atoms with E-state index in [9.17, 15) is 14.0 Å². The summed E-state index contributed by atoms with van der Waals surface area (Å²) in [6.45, 7) is 4.04. The molecule has 1 aromatic heterocycles. The Morgan fingerprint density at radius 3 is 2.87 bits per heavy atom. The highest BCUT2D eigenvalue weighted by molar-refractivity contribution is 5.93. The van der Waals surface area contributed by atoms with Gasteiger partial charge in [-0.2, -0.15) is 5.10 Å². The molecule has 5 rings (SSSR count). The van der Waals surface area contributed by atoms with Crippen LogP contribution in [0.2, 0.25) is 0 Å². The minimum Gasteiger partial charge on any atom is -0.338 e. The summed E-state index contributed by atoms with van der Waals surface area (Å²) in [6, 6.07) is 6.86. The highest BCUT2D eigenvalue weighted by Gasteiger charge is 2.50. The molecule has 3 fully saturated rings. The summed E-state index contributed by atoms with van der Waals surface area (Å²) in [6.07, 6.45) is 7.60. The van der Waals surface area contributed by atoms with E-state index in [1.807, 2.05) is 24.1 Å². The highest BCUT2D eigenvalue weighted by atomic mass is 19.1. The summed E-state index contributed by atoms with van der Waals surface area (Å²) in [5, 5.41) is 4.26. The predicted molar refractivity (Wildman–Crippen MR) is 114 cm³/mol. The Kier molecular flexibility index (Phi) is 5.28. The van der Waals surface area contributed by atoms with Crippen molar-refractivity contribution in [3.63, 3.8) is 0 Å². The predicted octanol–water partition coefficient (Wildman–Crippen LogP) is 3.13. The number of nitrogens with zero attached hydrogens (tertiary/aromatic N) is 4. The summed E-state index contributed by atoms with van der Waals surface area (Å²) in [5.74, 6) is 0.495. The number of carbonyl (C=O) groups is 2. The quantitative estimate of drug-likeness (QED) is 0.758.